The lowest BCUT2D eigenvalue weighted by atomic mass is 10.0. The van der Waals surface area contributed by atoms with E-state index in [4.69, 9.17) is 22.1 Å². The minimum Gasteiger partial charge on any atom is -0.496 e. The van der Waals surface area contributed by atoms with Gasteiger partial charge in [0.25, 0.3) is 0 Å². The van der Waals surface area contributed by atoms with Gasteiger partial charge >= 0.3 is 0 Å². The lowest BCUT2D eigenvalue weighted by molar-refractivity contribution is -0.118. The highest BCUT2D eigenvalue weighted by molar-refractivity contribution is 6.33. The van der Waals surface area contributed by atoms with E-state index >= 15 is 0 Å². The number of methoxy groups -OCH3 is 1. The lowest BCUT2D eigenvalue weighted by Crippen LogP contribution is -2.31. The first-order chi connectivity index (χ1) is 10.1. The van der Waals surface area contributed by atoms with E-state index in [0.29, 0.717) is 29.3 Å². The minimum atomic E-state index is 0.208. The Balaban J connectivity index is 1.91. The van der Waals surface area contributed by atoms with Crippen LogP contribution in [-0.2, 0) is 11.2 Å². The Kier molecular flexibility index (Phi) is 5.88. The smallest absolute Gasteiger partial charge is 0.138 e. The third-order valence-electron chi connectivity index (χ3n) is 3.94. The molecule has 0 spiro atoms. The van der Waals surface area contributed by atoms with Crippen molar-refractivity contribution in [2.75, 3.05) is 32.5 Å². The van der Waals surface area contributed by atoms with Crippen LogP contribution in [0.2, 0.25) is 5.02 Å². The minimum absolute atomic E-state index is 0.208. The van der Waals surface area contributed by atoms with Gasteiger partial charge in [0.05, 0.1) is 17.8 Å². The van der Waals surface area contributed by atoms with Crippen LogP contribution in [0.3, 0.4) is 0 Å². The summed E-state index contributed by atoms with van der Waals surface area (Å²) in [4.78, 5) is 14.5. The molecule has 21 heavy (non-hydrogen) atoms. The normalized spacial score (nSPS) is 15.9. The van der Waals surface area contributed by atoms with Crippen molar-refractivity contribution in [3.05, 3.63) is 22.7 Å². The second-order valence-corrected chi connectivity index (χ2v) is 5.96. The summed E-state index contributed by atoms with van der Waals surface area (Å²) >= 11 is 6.02. The second kappa shape index (κ2) is 7.66. The number of piperidine rings is 1. The van der Waals surface area contributed by atoms with E-state index in [9.17, 15) is 4.79 Å². The van der Waals surface area contributed by atoms with Crippen LogP contribution in [0.15, 0.2) is 12.1 Å². The molecule has 0 bridgehead atoms. The summed E-state index contributed by atoms with van der Waals surface area (Å²) in [6, 6.07) is 3.41. The fourth-order valence-corrected chi connectivity index (χ4v) is 2.89. The number of likely N-dealkylation sites (tertiary alicyclic amines) is 1. The summed E-state index contributed by atoms with van der Waals surface area (Å²) in [6.45, 7) is 3.08. The predicted octanol–water partition coefficient (Wildman–Crippen LogP) is 2.92. The van der Waals surface area contributed by atoms with E-state index < -0.39 is 0 Å². The number of rotatable bonds is 6. The van der Waals surface area contributed by atoms with Crippen molar-refractivity contribution in [1.29, 1.82) is 0 Å². The van der Waals surface area contributed by atoms with Crippen LogP contribution in [0, 0.1) is 0 Å². The predicted molar refractivity (Wildman–Crippen MR) is 86.0 cm³/mol. The Labute approximate surface area is 131 Å². The van der Waals surface area contributed by atoms with Crippen molar-refractivity contribution in [2.24, 2.45) is 0 Å². The van der Waals surface area contributed by atoms with E-state index in [1.54, 1.807) is 19.2 Å². The molecule has 116 valence electrons. The first kappa shape index (κ1) is 16.1. The zero-order valence-electron chi connectivity index (χ0n) is 12.5. The highest BCUT2D eigenvalue weighted by atomic mass is 35.5. The van der Waals surface area contributed by atoms with Gasteiger partial charge in [-0.15, -0.1) is 0 Å². The van der Waals surface area contributed by atoms with Crippen molar-refractivity contribution >= 4 is 23.1 Å². The number of ketones is 1. The number of carbonyl (C=O) groups excluding carboxylic acids is 1. The van der Waals surface area contributed by atoms with Crippen molar-refractivity contribution in [2.45, 2.75) is 32.1 Å². The molecule has 0 aliphatic carbocycles. The molecule has 5 heteroatoms. The quantitative estimate of drug-likeness (QED) is 0.821. The Morgan fingerprint density at radius 3 is 2.71 bits per heavy atom. The first-order valence-electron chi connectivity index (χ1n) is 7.46. The lowest BCUT2D eigenvalue weighted by Gasteiger charge is -2.26. The van der Waals surface area contributed by atoms with Crippen molar-refractivity contribution in [1.82, 2.24) is 4.90 Å². The molecule has 4 nitrogen and oxygen atoms in total. The van der Waals surface area contributed by atoms with Crippen LogP contribution in [0.1, 0.15) is 31.2 Å². The standard InChI is InChI=1S/C16H23ClN2O2/c1-21-16-11-15(18)14(17)10-12(16)9-13(20)5-8-19-6-3-2-4-7-19/h10-11H,2-9,18H2,1H3. The van der Waals surface area contributed by atoms with Gasteiger partial charge in [0.2, 0.25) is 0 Å². The van der Waals surface area contributed by atoms with Gasteiger partial charge in [-0.05, 0) is 32.0 Å². The topological polar surface area (TPSA) is 55.6 Å². The van der Waals surface area contributed by atoms with Crippen LogP contribution in [0.4, 0.5) is 5.69 Å². The molecule has 2 rings (SSSR count). The van der Waals surface area contributed by atoms with Crippen molar-refractivity contribution in [3.8, 4) is 5.75 Å². The molecule has 1 saturated heterocycles. The van der Waals surface area contributed by atoms with Crippen LogP contribution in [-0.4, -0.2) is 37.4 Å². The average molecular weight is 311 g/mol. The van der Waals surface area contributed by atoms with E-state index in [1.165, 1.54) is 19.3 Å². The zero-order valence-corrected chi connectivity index (χ0v) is 13.3. The molecule has 0 unspecified atom stereocenters. The van der Waals surface area contributed by atoms with Crippen LogP contribution in [0.5, 0.6) is 5.75 Å². The van der Waals surface area contributed by atoms with Gasteiger partial charge in [-0.1, -0.05) is 18.0 Å². The molecule has 0 aromatic heterocycles. The van der Waals surface area contributed by atoms with E-state index in [-0.39, 0.29) is 5.78 Å². The summed E-state index contributed by atoms with van der Waals surface area (Å²) in [6.07, 6.45) is 4.72. The Bertz CT molecular complexity index is 499. The van der Waals surface area contributed by atoms with Crippen LogP contribution >= 0.6 is 11.6 Å². The summed E-state index contributed by atoms with van der Waals surface area (Å²) in [7, 11) is 1.57. The SMILES string of the molecule is COc1cc(N)c(Cl)cc1CC(=O)CCN1CCCCC1. The Morgan fingerprint density at radius 1 is 1.33 bits per heavy atom. The number of benzene rings is 1. The third kappa shape index (κ3) is 4.61. The molecule has 2 N–H and O–H groups in total. The molecule has 1 aliphatic rings. The summed E-state index contributed by atoms with van der Waals surface area (Å²) in [5.74, 6) is 0.836. The van der Waals surface area contributed by atoms with Gasteiger partial charge in [0.1, 0.15) is 11.5 Å². The largest absolute Gasteiger partial charge is 0.496 e. The van der Waals surface area contributed by atoms with Gasteiger partial charge in [0.15, 0.2) is 0 Å². The number of Topliss-reactive ketones (excluding diaryl/α,β-unsaturated/α-hetero) is 1. The number of hydrogen-bond acceptors (Lipinski definition) is 4. The number of ether oxygens (including phenoxy) is 1. The maximum Gasteiger partial charge on any atom is 0.138 e. The number of anilines is 1. The van der Waals surface area contributed by atoms with Crippen molar-refractivity contribution in [3.63, 3.8) is 0 Å². The van der Waals surface area contributed by atoms with Crippen LogP contribution < -0.4 is 10.5 Å². The molecule has 1 fully saturated rings. The number of carbonyl (C=O) groups is 1. The number of hydrogen-bond donors (Lipinski definition) is 1. The Morgan fingerprint density at radius 2 is 2.05 bits per heavy atom. The molecule has 0 radical (unpaired) electrons. The monoisotopic (exact) mass is 310 g/mol. The summed E-state index contributed by atoms with van der Waals surface area (Å²) < 4.78 is 5.28. The highest BCUT2D eigenvalue weighted by Gasteiger charge is 2.14. The average Bonchev–Trinajstić information content (AvgIpc) is 2.49. The third-order valence-corrected chi connectivity index (χ3v) is 4.27. The summed E-state index contributed by atoms with van der Waals surface area (Å²) in [5.41, 5.74) is 7.02. The second-order valence-electron chi connectivity index (χ2n) is 5.55. The number of halogens is 1. The molecular weight excluding hydrogens is 288 g/mol. The van der Waals surface area contributed by atoms with Crippen molar-refractivity contribution < 1.29 is 9.53 Å². The molecule has 0 saturated carbocycles. The molecular formula is C16H23ClN2O2. The number of nitrogen functional groups attached to an aromatic ring is 1. The van der Waals surface area contributed by atoms with E-state index in [1.807, 2.05) is 0 Å². The molecule has 1 aliphatic heterocycles. The Hall–Kier alpha value is -1.26. The van der Waals surface area contributed by atoms with E-state index in [2.05, 4.69) is 4.90 Å². The van der Waals surface area contributed by atoms with E-state index in [0.717, 1.165) is 25.2 Å². The van der Waals surface area contributed by atoms with Gasteiger partial charge in [0, 0.05) is 31.0 Å². The maximum absolute atomic E-state index is 12.2. The van der Waals surface area contributed by atoms with Gasteiger partial charge in [-0.3, -0.25) is 4.79 Å². The number of nitrogens with two attached hydrogens (primary N) is 1. The summed E-state index contributed by atoms with van der Waals surface area (Å²) in [5, 5.41) is 0.467. The zero-order chi connectivity index (χ0) is 15.2. The van der Waals surface area contributed by atoms with Gasteiger partial charge in [-0.25, -0.2) is 0 Å². The highest BCUT2D eigenvalue weighted by Crippen LogP contribution is 2.29. The maximum atomic E-state index is 12.2. The number of nitrogens with zero attached hydrogens (tertiary/aromatic N) is 1. The first-order valence-corrected chi connectivity index (χ1v) is 7.84. The van der Waals surface area contributed by atoms with Gasteiger partial charge < -0.3 is 15.4 Å². The fraction of sp³-hybridized carbons (Fsp3) is 0.562. The molecule has 1 aromatic carbocycles. The fourth-order valence-electron chi connectivity index (χ4n) is 2.71. The molecule has 1 aromatic rings. The van der Waals surface area contributed by atoms with Gasteiger partial charge in [-0.2, -0.15) is 0 Å². The molecule has 0 atom stereocenters. The van der Waals surface area contributed by atoms with Crippen LogP contribution in [0.25, 0.3) is 0 Å². The molecule has 1 heterocycles. The molecule has 0 amide bonds.